The van der Waals surface area contributed by atoms with Crippen LogP contribution in [0.25, 0.3) is 10.9 Å². The number of fused-ring (bicyclic) bond motifs is 1. The normalized spacial score (nSPS) is 10.6. The fraction of sp³-hybridized carbons (Fsp3) is 0.238. The van der Waals surface area contributed by atoms with Gasteiger partial charge in [0, 0.05) is 11.6 Å². The van der Waals surface area contributed by atoms with Crippen LogP contribution in [0.5, 0.6) is 5.75 Å². The van der Waals surface area contributed by atoms with Crippen molar-refractivity contribution in [2.45, 2.75) is 20.8 Å². The number of aryl methyl sites for hydroxylation is 3. The van der Waals surface area contributed by atoms with Crippen LogP contribution in [0.3, 0.4) is 0 Å². The Labute approximate surface area is 153 Å². The van der Waals surface area contributed by atoms with Crippen molar-refractivity contribution in [3.05, 3.63) is 65.4 Å². The summed E-state index contributed by atoms with van der Waals surface area (Å²) in [6.07, 6.45) is 1.71. The molecule has 2 N–H and O–H groups in total. The molecular weight excluding hydrogens is 326 g/mol. The van der Waals surface area contributed by atoms with Gasteiger partial charge in [0.2, 0.25) is 0 Å². The molecule has 0 unspecified atom stereocenters. The van der Waals surface area contributed by atoms with Gasteiger partial charge in [-0.25, -0.2) is 4.79 Å². The number of hydrogen-bond donors (Lipinski definition) is 2. The number of urea groups is 1. The lowest BCUT2D eigenvalue weighted by Crippen LogP contribution is -2.32. The van der Waals surface area contributed by atoms with Crippen LogP contribution in [0.1, 0.15) is 16.7 Å². The first-order chi connectivity index (χ1) is 12.5. The number of aromatic nitrogens is 1. The van der Waals surface area contributed by atoms with Crippen molar-refractivity contribution in [3.63, 3.8) is 0 Å². The first-order valence-electron chi connectivity index (χ1n) is 8.64. The fourth-order valence-corrected chi connectivity index (χ4v) is 3.08. The molecule has 2 aromatic carbocycles. The zero-order valence-corrected chi connectivity index (χ0v) is 15.3. The zero-order valence-electron chi connectivity index (χ0n) is 15.3. The van der Waals surface area contributed by atoms with E-state index in [2.05, 4.69) is 34.7 Å². The number of hydrogen-bond acceptors (Lipinski definition) is 3. The van der Waals surface area contributed by atoms with Gasteiger partial charge in [-0.05, 0) is 44.0 Å². The average molecular weight is 349 g/mol. The second kappa shape index (κ2) is 7.87. The van der Waals surface area contributed by atoms with E-state index < -0.39 is 0 Å². The van der Waals surface area contributed by atoms with Crippen molar-refractivity contribution in [1.82, 2.24) is 10.3 Å². The maximum absolute atomic E-state index is 12.1. The summed E-state index contributed by atoms with van der Waals surface area (Å²) in [7, 11) is 0. The van der Waals surface area contributed by atoms with E-state index in [0.717, 1.165) is 27.8 Å². The molecule has 3 aromatic rings. The van der Waals surface area contributed by atoms with Gasteiger partial charge in [0.15, 0.2) is 0 Å². The number of amides is 2. The lowest BCUT2D eigenvalue weighted by Gasteiger charge is -2.14. The third-order valence-electron chi connectivity index (χ3n) is 4.12. The number of nitrogens with one attached hydrogen (secondary N) is 2. The highest BCUT2D eigenvalue weighted by atomic mass is 16.5. The molecule has 5 heteroatoms. The predicted octanol–water partition coefficient (Wildman–Crippen LogP) is 4.36. The van der Waals surface area contributed by atoms with Crippen LogP contribution in [0.15, 0.2) is 48.7 Å². The number of carbonyl (C=O) groups is 1. The SMILES string of the molecule is Cc1cc(C)c(OCCNC(=O)Nc2cccc3cccnc23)c(C)c1. The minimum atomic E-state index is -0.274. The maximum Gasteiger partial charge on any atom is 0.319 e. The monoisotopic (exact) mass is 349 g/mol. The predicted molar refractivity (Wildman–Crippen MR) is 105 cm³/mol. The summed E-state index contributed by atoms with van der Waals surface area (Å²) in [6, 6.07) is 13.4. The molecule has 0 aliphatic rings. The minimum absolute atomic E-state index is 0.274. The summed E-state index contributed by atoms with van der Waals surface area (Å²) < 4.78 is 5.84. The molecule has 5 nitrogen and oxygen atoms in total. The van der Waals surface area contributed by atoms with Crippen LogP contribution in [0.4, 0.5) is 10.5 Å². The van der Waals surface area contributed by atoms with Crippen molar-refractivity contribution in [2.24, 2.45) is 0 Å². The Morgan fingerprint density at radius 1 is 1.08 bits per heavy atom. The highest BCUT2D eigenvalue weighted by Gasteiger charge is 2.07. The maximum atomic E-state index is 12.1. The van der Waals surface area contributed by atoms with Gasteiger partial charge in [0.1, 0.15) is 12.4 Å². The van der Waals surface area contributed by atoms with Crippen LogP contribution in [-0.4, -0.2) is 24.2 Å². The van der Waals surface area contributed by atoms with Crippen molar-refractivity contribution in [2.75, 3.05) is 18.5 Å². The number of para-hydroxylation sites is 1. The summed E-state index contributed by atoms with van der Waals surface area (Å²) in [5.74, 6) is 0.885. The number of carbonyl (C=O) groups excluding carboxylic acids is 1. The van der Waals surface area contributed by atoms with E-state index in [1.54, 1.807) is 6.20 Å². The fourth-order valence-electron chi connectivity index (χ4n) is 3.08. The van der Waals surface area contributed by atoms with E-state index in [0.29, 0.717) is 18.8 Å². The molecule has 0 aliphatic heterocycles. The Morgan fingerprint density at radius 3 is 2.58 bits per heavy atom. The second-order valence-corrected chi connectivity index (χ2v) is 6.34. The summed E-state index contributed by atoms with van der Waals surface area (Å²) in [5, 5.41) is 6.64. The average Bonchev–Trinajstić information content (AvgIpc) is 2.60. The highest BCUT2D eigenvalue weighted by molar-refractivity contribution is 5.99. The third-order valence-corrected chi connectivity index (χ3v) is 4.12. The van der Waals surface area contributed by atoms with Gasteiger partial charge in [-0.2, -0.15) is 0 Å². The first-order valence-corrected chi connectivity index (χ1v) is 8.64. The number of benzene rings is 2. The molecule has 0 bridgehead atoms. The van der Waals surface area contributed by atoms with Crippen LogP contribution in [0.2, 0.25) is 0 Å². The number of rotatable bonds is 5. The summed E-state index contributed by atoms with van der Waals surface area (Å²) in [6.45, 7) is 6.95. The molecule has 26 heavy (non-hydrogen) atoms. The largest absolute Gasteiger partial charge is 0.491 e. The molecule has 3 rings (SSSR count). The van der Waals surface area contributed by atoms with Gasteiger partial charge in [-0.1, -0.05) is 35.9 Å². The molecule has 134 valence electrons. The van der Waals surface area contributed by atoms with Crippen LogP contribution in [0, 0.1) is 20.8 Å². The van der Waals surface area contributed by atoms with Crippen molar-refractivity contribution >= 4 is 22.6 Å². The van der Waals surface area contributed by atoms with Gasteiger partial charge in [-0.3, -0.25) is 4.98 Å². The topological polar surface area (TPSA) is 63.2 Å². The lowest BCUT2D eigenvalue weighted by molar-refractivity contribution is 0.247. The number of anilines is 1. The van der Waals surface area contributed by atoms with Crippen molar-refractivity contribution < 1.29 is 9.53 Å². The van der Waals surface area contributed by atoms with Gasteiger partial charge in [0.25, 0.3) is 0 Å². The standard InChI is InChI=1S/C21H23N3O2/c1-14-12-15(2)20(16(3)13-14)26-11-10-23-21(25)24-18-8-4-6-17-7-5-9-22-19(17)18/h4-9,12-13H,10-11H2,1-3H3,(H2,23,24,25). The molecule has 0 atom stereocenters. The molecular formula is C21H23N3O2. The van der Waals surface area contributed by atoms with Gasteiger partial charge < -0.3 is 15.4 Å². The Kier molecular flexibility index (Phi) is 5.37. The van der Waals surface area contributed by atoms with E-state index in [4.69, 9.17) is 4.74 Å². The van der Waals surface area contributed by atoms with E-state index >= 15 is 0 Å². The smallest absolute Gasteiger partial charge is 0.319 e. The van der Waals surface area contributed by atoms with E-state index in [9.17, 15) is 4.79 Å². The first kappa shape index (κ1) is 17.7. The Morgan fingerprint density at radius 2 is 1.81 bits per heavy atom. The minimum Gasteiger partial charge on any atom is -0.491 e. The van der Waals surface area contributed by atoms with Crippen LogP contribution >= 0.6 is 0 Å². The number of nitrogens with zero attached hydrogens (tertiary/aromatic N) is 1. The summed E-state index contributed by atoms with van der Waals surface area (Å²) in [4.78, 5) is 16.5. The molecule has 0 spiro atoms. The zero-order chi connectivity index (χ0) is 18.5. The molecule has 0 radical (unpaired) electrons. The molecule has 1 aromatic heterocycles. The van der Waals surface area contributed by atoms with E-state index in [1.807, 2.05) is 44.2 Å². The van der Waals surface area contributed by atoms with Crippen molar-refractivity contribution in [3.8, 4) is 5.75 Å². The van der Waals surface area contributed by atoms with Gasteiger partial charge in [0.05, 0.1) is 17.7 Å². The Balaban J connectivity index is 1.53. The highest BCUT2D eigenvalue weighted by Crippen LogP contribution is 2.24. The number of pyridine rings is 1. The number of ether oxygens (including phenoxy) is 1. The second-order valence-electron chi connectivity index (χ2n) is 6.34. The van der Waals surface area contributed by atoms with Crippen molar-refractivity contribution in [1.29, 1.82) is 0 Å². The molecule has 0 saturated carbocycles. The van der Waals surface area contributed by atoms with Gasteiger partial charge in [-0.15, -0.1) is 0 Å². The lowest BCUT2D eigenvalue weighted by atomic mass is 10.1. The molecule has 0 aliphatic carbocycles. The Hall–Kier alpha value is -3.08. The van der Waals surface area contributed by atoms with E-state index in [1.165, 1.54) is 5.56 Å². The Bertz CT molecular complexity index is 909. The third kappa shape index (κ3) is 4.11. The summed E-state index contributed by atoms with van der Waals surface area (Å²) >= 11 is 0. The molecule has 2 amide bonds. The molecule has 1 heterocycles. The quantitative estimate of drug-likeness (QED) is 0.673. The van der Waals surface area contributed by atoms with Gasteiger partial charge >= 0.3 is 6.03 Å². The van der Waals surface area contributed by atoms with Crippen LogP contribution < -0.4 is 15.4 Å². The van der Waals surface area contributed by atoms with E-state index in [-0.39, 0.29) is 6.03 Å². The molecule has 0 fully saturated rings. The molecule has 0 saturated heterocycles. The van der Waals surface area contributed by atoms with Crippen LogP contribution in [-0.2, 0) is 0 Å². The summed E-state index contributed by atoms with van der Waals surface area (Å²) in [5.41, 5.74) is 4.88.